The Hall–Kier alpha value is -2.32. The smallest absolute Gasteiger partial charge is 0.163 e. The van der Waals surface area contributed by atoms with E-state index in [1.165, 1.54) is 0 Å². The molecule has 0 saturated carbocycles. The third-order valence-corrected chi connectivity index (χ3v) is 2.84. The predicted octanol–water partition coefficient (Wildman–Crippen LogP) is 1.73. The maximum absolute atomic E-state index is 9.08. The zero-order valence-corrected chi connectivity index (χ0v) is 10.9. The van der Waals surface area contributed by atoms with Crippen LogP contribution >= 0.6 is 0 Å². The number of nitrogens with zero attached hydrogens (tertiary/aromatic N) is 3. The highest BCUT2D eigenvalue weighted by atomic mass is 16.5. The second-order valence-corrected chi connectivity index (χ2v) is 4.18. The molecule has 0 aliphatic carbocycles. The third-order valence-electron chi connectivity index (χ3n) is 2.84. The SMILES string of the molecule is COc1ccc(C)cc1-c1cc(C#N)nn1CCO. The number of nitriles is 1. The van der Waals surface area contributed by atoms with E-state index in [-0.39, 0.29) is 6.61 Å². The van der Waals surface area contributed by atoms with Crippen molar-refractivity contribution in [3.05, 3.63) is 35.5 Å². The molecule has 19 heavy (non-hydrogen) atoms. The minimum Gasteiger partial charge on any atom is -0.496 e. The van der Waals surface area contributed by atoms with Crippen LogP contribution in [-0.2, 0) is 6.54 Å². The number of benzene rings is 1. The molecule has 0 saturated heterocycles. The Morgan fingerprint density at radius 2 is 2.21 bits per heavy atom. The van der Waals surface area contributed by atoms with Crippen molar-refractivity contribution in [2.45, 2.75) is 13.5 Å². The number of methoxy groups -OCH3 is 1. The van der Waals surface area contributed by atoms with Gasteiger partial charge in [-0.2, -0.15) is 10.4 Å². The molecule has 0 spiro atoms. The van der Waals surface area contributed by atoms with Crippen LogP contribution in [0.25, 0.3) is 11.3 Å². The Bertz CT molecular complexity index is 626. The van der Waals surface area contributed by atoms with Crippen LogP contribution in [-0.4, -0.2) is 28.6 Å². The van der Waals surface area contributed by atoms with Crippen LogP contribution in [0.1, 0.15) is 11.3 Å². The molecule has 1 heterocycles. The Morgan fingerprint density at radius 1 is 1.42 bits per heavy atom. The molecule has 98 valence electrons. The number of hydrogen-bond acceptors (Lipinski definition) is 4. The molecule has 0 aliphatic rings. The number of aliphatic hydroxyl groups excluding tert-OH is 1. The summed E-state index contributed by atoms with van der Waals surface area (Å²) in [6.45, 7) is 2.29. The summed E-state index contributed by atoms with van der Waals surface area (Å²) in [7, 11) is 1.60. The lowest BCUT2D eigenvalue weighted by Crippen LogP contribution is -2.06. The first kappa shape index (κ1) is 13.1. The summed E-state index contributed by atoms with van der Waals surface area (Å²) in [5.74, 6) is 0.717. The van der Waals surface area contributed by atoms with Crippen molar-refractivity contribution in [1.82, 2.24) is 9.78 Å². The van der Waals surface area contributed by atoms with E-state index in [9.17, 15) is 0 Å². The second kappa shape index (κ2) is 5.55. The lowest BCUT2D eigenvalue weighted by Gasteiger charge is -2.11. The van der Waals surface area contributed by atoms with Gasteiger partial charge in [0.2, 0.25) is 0 Å². The number of ether oxygens (including phenoxy) is 1. The molecule has 0 bridgehead atoms. The topological polar surface area (TPSA) is 71.1 Å². The molecule has 0 atom stereocenters. The third kappa shape index (κ3) is 2.59. The number of hydrogen-bond donors (Lipinski definition) is 1. The van der Waals surface area contributed by atoms with Gasteiger partial charge in [-0.1, -0.05) is 11.6 Å². The van der Waals surface area contributed by atoms with E-state index in [1.54, 1.807) is 17.9 Å². The van der Waals surface area contributed by atoms with E-state index in [1.807, 2.05) is 31.2 Å². The number of aryl methyl sites for hydroxylation is 1. The summed E-state index contributed by atoms with van der Waals surface area (Å²) in [5.41, 5.74) is 3.05. The lowest BCUT2D eigenvalue weighted by molar-refractivity contribution is 0.270. The van der Waals surface area contributed by atoms with Crippen molar-refractivity contribution in [1.29, 1.82) is 5.26 Å². The maximum atomic E-state index is 9.08. The molecule has 0 amide bonds. The monoisotopic (exact) mass is 257 g/mol. The van der Waals surface area contributed by atoms with Gasteiger partial charge in [-0.15, -0.1) is 0 Å². The maximum Gasteiger partial charge on any atom is 0.163 e. The number of aromatic nitrogens is 2. The van der Waals surface area contributed by atoms with Crippen molar-refractivity contribution < 1.29 is 9.84 Å². The first-order chi connectivity index (χ1) is 9.19. The van der Waals surface area contributed by atoms with Gasteiger partial charge in [-0.3, -0.25) is 4.68 Å². The van der Waals surface area contributed by atoms with Crippen LogP contribution in [0.4, 0.5) is 0 Å². The summed E-state index contributed by atoms with van der Waals surface area (Å²) >= 11 is 0. The molecule has 2 aromatic rings. The molecule has 0 unspecified atom stereocenters. The summed E-state index contributed by atoms with van der Waals surface area (Å²) in [4.78, 5) is 0. The highest BCUT2D eigenvalue weighted by Gasteiger charge is 2.14. The van der Waals surface area contributed by atoms with E-state index < -0.39 is 0 Å². The summed E-state index contributed by atoms with van der Waals surface area (Å²) in [6, 6.07) is 9.53. The van der Waals surface area contributed by atoms with E-state index >= 15 is 0 Å². The summed E-state index contributed by atoms with van der Waals surface area (Å²) in [5, 5.41) is 22.2. The van der Waals surface area contributed by atoms with Crippen molar-refractivity contribution in [3.63, 3.8) is 0 Å². The van der Waals surface area contributed by atoms with Crippen LogP contribution in [0.5, 0.6) is 5.75 Å². The quantitative estimate of drug-likeness (QED) is 0.905. The van der Waals surface area contributed by atoms with Gasteiger partial charge in [0.05, 0.1) is 26.0 Å². The van der Waals surface area contributed by atoms with E-state index in [2.05, 4.69) is 5.10 Å². The highest BCUT2D eigenvalue weighted by molar-refractivity contribution is 5.69. The van der Waals surface area contributed by atoms with Crippen LogP contribution < -0.4 is 4.74 Å². The number of rotatable bonds is 4. The van der Waals surface area contributed by atoms with Gasteiger partial charge in [0.25, 0.3) is 0 Å². The minimum atomic E-state index is -0.0340. The molecule has 2 rings (SSSR count). The van der Waals surface area contributed by atoms with Crippen LogP contribution in [0.2, 0.25) is 0 Å². The first-order valence-corrected chi connectivity index (χ1v) is 5.93. The highest BCUT2D eigenvalue weighted by Crippen LogP contribution is 2.31. The normalized spacial score (nSPS) is 10.2. The fourth-order valence-corrected chi connectivity index (χ4v) is 1.98. The van der Waals surface area contributed by atoms with Crippen molar-refractivity contribution in [2.75, 3.05) is 13.7 Å². The Balaban J connectivity index is 2.60. The van der Waals surface area contributed by atoms with E-state index in [0.717, 1.165) is 16.8 Å². The molecule has 1 N–H and O–H groups in total. The van der Waals surface area contributed by atoms with Crippen molar-refractivity contribution >= 4 is 0 Å². The van der Waals surface area contributed by atoms with Crippen LogP contribution in [0.3, 0.4) is 0 Å². The molecular weight excluding hydrogens is 242 g/mol. The molecule has 5 heteroatoms. The van der Waals surface area contributed by atoms with E-state index in [4.69, 9.17) is 15.1 Å². The van der Waals surface area contributed by atoms with Crippen LogP contribution in [0, 0.1) is 18.3 Å². The minimum absolute atomic E-state index is 0.0340. The van der Waals surface area contributed by atoms with Gasteiger partial charge in [0.15, 0.2) is 5.69 Å². The Labute approximate surface area is 111 Å². The molecule has 0 radical (unpaired) electrons. The predicted molar refractivity (Wildman–Crippen MR) is 70.8 cm³/mol. The van der Waals surface area contributed by atoms with Gasteiger partial charge in [-0.25, -0.2) is 0 Å². The van der Waals surface area contributed by atoms with Gasteiger partial charge < -0.3 is 9.84 Å². The van der Waals surface area contributed by atoms with Gasteiger partial charge >= 0.3 is 0 Å². The number of aliphatic hydroxyl groups is 1. The van der Waals surface area contributed by atoms with Gasteiger partial charge in [0, 0.05) is 11.6 Å². The average Bonchev–Trinajstić information content (AvgIpc) is 2.82. The molecule has 1 aromatic heterocycles. The Kier molecular flexibility index (Phi) is 3.83. The molecule has 1 aromatic carbocycles. The summed E-state index contributed by atoms with van der Waals surface area (Å²) < 4.78 is 6.97. The van der Waals surface area contributed by atoms with Crippen molar-refractivity contribution in [2.24, 2.45) is 0 Å². The van der Waals surface area contributed by atoms with Gasteiger partial charge in [-0.05, 0) is 19.1 Å². The Morgan fingerprint density at radius 3 is 2.84 bits per heavy atom. The van der Waals surface area contributed by atoms with E-state index in [0.29, 0.717) is 18.0 Å². The zero-order valence-electron chi connectivity index (χ0n) is 10.9. The zero-order chi connectivity index (χ0) is 13.8. The average molecular weight is 257 g/mol. The van der Waals surface area contributed by atoms with Gasteiger partial charge in [0.1, 0.15) is 11.8 Å². The molecule has 0 aliphatic heterocycles. The first-order valence-electron chi connectivity index (χ1n) is 5.93. The molecular formula is C14H15N3O2. The largest absolute Gasteiger partial charge is 0.496 e. The van der Waals surface area contributed by atoms with Crippen molar-refractivity contribution in [3.8, 4) is 23.1 Å². The fraction of sp³-hybridized carbons (Fsp3) is 0.286. The molecule has 0 fully saturated rings. The summed E-state index contributed by atoms with van der Waals surface area (Å²) in [6.07, 6.45) is 0. The standard InChI is InChI=1S/C14H15N3O2/c1-10-3-4-14(19-2)12(7-10)13-8-11(9-15)16-17(13)5-6-18/h3-4,7-8,18H,5-6H2,1-2H3. The lowest BCUT2D eigenvalue weighted by atomic mass is 10.1. The van der Waals surface area contributed by atoms with Crippen LogP contribution in [0.15, 0.2) is 24.3 Å². The second-order valence-electron chi connectivity index (χ2n) is 4.18. The fourth-order valence-electron chi connectivity index (χ4n) is 1.98. The molecule has 5 nitrogen and oxygen atoms in total.